The van der Waals surface area contributed by atoms with E-state index in [-0.39, 0.29) is 0 Å². The van der Waals surface area contributed by atoms with Gasteiger partial charge in [0.05, 0.1) is 6.61 Å². The number of hydrogen-bond acceptors (Lipinski definition) is 2. The molecule has 19 heavy (non-hydrogen) atoms. The van der Waals surface area contributed by atoms with E-state index in [2.05, 4.69) is 15.9 Å². The van der Waals surface area contributed by atoms with Crippen molar-refractivity contribution in [3.8, 4) is 5.75 Å². The lowest BCUT2D eigenvalue weighted by atomic mass is 9.87. The molecule has 0 saturated carbocycles. The highest BCUT2D eigenvalue weighted by molar-refractivity contribution is 9.10. The smallest absolute Gasteiger partial charge is 0.122 e. The van der Waals surface area contributed by atoms with Gasteiger partial charge in [-0.1, -0.05) is 34.1 Å². The van der Waals surface area contributed by atoms with Crippen LogP contribution >= 0.6 is 15.9 Å². The first-order chi connectivity index (χ1) is 9.07. The highest BCUT2D eigenvalue weighted by Crippen LogP contribution is 2.34. The number of rotatable bonds is 2. The Morgan fingerprint density at radius 2 is 1.79 bits per heavy atom. The predicted molar refractivity (Wildman–Crippen MR) is 78.5 cm³/mol. The molecular weight excluding hydrogens is 304 g/mol. The summed E-state index contributed by atoms with van der Waals surface area (Å²) in [4.78, 5) is 0. The highest BCUT2D eigenvalue weighted by Gasteiger charge is 2.27. The van der Waals surface area contributed by atoms with Gasteiger partial charge in [-0.05, 0) is 47.9 Å². The van der Waals surface area contributed by atoms with Gasteiger partial charge in [0.2, 0.25) is 0 Å². The summed E-state index contributed by atoms with van der Waals surface area (Å²) in [6.07, 6.45) is 0.916. The molecule has 3 heteroatoms. The number of fused-ring (bicyclic) bond motifs is 1. The highest BCUT2D eigenvalue weighted by atomic mass is 79.9. The summed E-state index contributed by atoms with van der Waals surface area (Å²) in [7, 11) is 0. The third kappa shape index (κ3) is 2.28. The van der Waals surface area contributed by atoms with Gasteiger partial charge in [0.1, 0.15) is 11.4 Å². The van der Waals surface area contributed by atoms with Crippen LogP contribution < -0.4 is 4.74 Å². The fraction of sp³-hybridized carbons (Fsp3) is 0.250. The van der Waals surface area contributed by atoms with E-state index in [0.717, 1.165) is 34.4 Å². The van der Waals surface area contributed by atoms with Crippen molar-refractivity contribution in [1.29, 1.82) is 0 Å². The fourth-order valence-corrected chi connectivity index (χ4v) is 2.69. The predicted octanol–water partition coefficient (Wildman–Crippen LogP) is 3.64. The van der Waals surface area contributed by atoms with E-state index < -0.39 is 5.60 Å². The topological polar surface area (TPSA) is 29.5 Å². The minimum Gasteiger partial charge on any atom is -0.493 e. The second-order valence-corrected chi connectivity index (χ2v) is 5.92. The molecule has 0 fully saturated rings. The molecule has 1 aliphatic rings. The van der Waals surface area contributed by atoms with E-state index in [9.17, 15) is 5.11 Å². The van der Waals surface area contributed by atoms with E-state index in [1.807, 2.05) is 49.4 Å². The molecule has 0 bridgehead atoms. The van der Waals surface area contributed by atoms with Gasteiger partial charge < -0.3 is 9.84 Å². The Bertz CT molecular complexity index is 603. The van der Waals surface area contributed by atoms with E-state index in [1.165, 1.54) is 5.56 Å². The summed E-state index contributed by atoms with van der Waals surface area (Å²) < 4.78 is 6.51. The van der Waals surface area contributed by atoms with Gasteiger partial charge in [-0.2, -0.15) is 0 Å². The first-order valence-corrected chi connectivity index (χ1v) is 7.11. The third-order valence-electron chi connectivity index (χ3n) is 3.66. The number of aliphatic hydroxyl groups is 1. The van der Waals surface area contributed by atoms with Crippen molar-refractivity contribution in [2.45, 2.75) is 18.9 Å². The Morgan fingerprint density at radius 3 is 2.53 bits per heavy atom. The molecule has 98 valence electrons. The van der Waals surface area contributed by atoms with Crippen LogP contribution in [0.3, 0.4) is 0 Å². The zero-order valence-corrected chi connectivity index (χ0v) is 12.3. The van der Waals surface area contributed by atoms with E-state index in [1.54, 1.807) is 0 Å². The van der Waals surface area contributed by atoms with Crippen LogP contribution in [0.2, 0.25) is 0 Å². The number of halogens is 1. The van der Waals surface area contributed by atoms with Gasteiger partial charge in [0.15, 0.2) is 0 Å². The lowest BCUT2D eigenvalue weighted by molar-refractivity contribution is 0.102. The van der Waals surface area contributed by atoms with E-state index in [0.29, 0.717) is 0 Å². The molecule has 0 aliphatic carbocycles. The first-order valence-electron chi connectivity index (χ1n) is 6.32. The number of ether oxygens (including phenoxy) is 1. The Hall–Kier alpha value is -1.32. The second-order valence-electron chi connectivity index (χ2n) is 5.00. The molecule has 1 N–H and O–H groups in total. The van der Waals surface area contributed by atoms with Gasteiger partial charge in [0, 0.05) is 10.9 Å². The molecule has 1 heterocycles. The molecule has 2 nitrogen and oxygen atoms in total. The number of hydrogen-bond donors (Lipinski definition) is 1. The summed E-state index contributed by atoms with van der Waals surface area (Å²) >= 11 is 3.41. The lowest BCUT2D eigenvalue weighted by Crippen LogP contribution is -2.22. The monoisotopic (exact) mass is 318 g/mol. The van der Waals surface area contributed by atoms with Crippen LogP contribution in [0.4, 0.5) is 0 Å². The average Bonchev–Trinajstić information content (AvgIpc) is 2.86. The lowest BCUT2D eigenvalue weighted by Gasteiger charge is -2.25. The van der Waals surface area contributed by atoms with Crippen LogP contribution in [0.5, 0.6) is 5.75 Å². The van der Waals surface area contributed by atoms with Gasteiger partial charge in [-0.25, -0.2) is 0 Å². The van der Waals surface area contributed by atoms with Crippen LogP contribution in [0, 0.1) is 0 Å². The Labute approximate surface area is 121 Å². The average molecular weight is 319 g/mol. The maximum absolute atomic E-state index is 10.8. The maximum atomic E-state index is 10.8. The standard InChI is InChI=1S/C16H15BrO2/c1-16(18,12-2-5-14(17)6-3-12)13-4-7-15-11(10-13)8-9-19-15/h2-7,10,18H,8-9H2,1H3. The van der Waals surface area contributed by atoms with Crippen molar-refractivity contribution in [2.24, 2.45) is 0 Å². The second kappa shape index (κ2) is 4.66. The molecule has 0 amide bonds. The normalized spacial score (nSPS) is 16.6. The molecule has 1 aliphatic heterocycles. The van der Waals surface area contributed by atoms with E-state index >= 15 is 0 Å². The zero-order chi connectivity index (χ0) is 13.5. The van der Waals surface area contributed by atoms with E-state index in [4.69, 9.17) is 4.74 Å². The van der Waals surface area contributed by atoms with Crippen molar-refractivity contribution in [3.05, 3.63) is 63.6 Å². The van der Waals surface area contributed by atoms with Gasteiger partial charge in [-0.15, -0.1) is 0 Å². The van der Waals surface area contributed by atoms with Crippen molar-refractivity contribution in [2.75, 3.05) is 6.61 Å². The summed E-state index contributed by atoms with van der Waals surface area (Å²) in [5.74, 6) is 0.940. The van der Waals surface area contributed by atoms with Crippen molar-refractivity contribution in [1.82, 2.24) is 0 Å². The molecular formula is C16H15BrO2. The summed E-state index contributed by atoms with van der Waals surface area (Å²) in [5.41, 5.74) is 1.97. The Balaban J connectivity index is 2.02. The first kappa shape index (κ1) is 12.7. The minimum atomic E-state index is -0.988. The molecule has 1 atom stereocenters. The van der Waals surface area contributed by atoms with Crippen LogP contribution in [0.1, 0.15) is 23.6 Å². The molecule has 0 aromatic heterocycles. The third-order valence-corrected chi connectivity index (χ3v) is 4.19. The summed E-state index contributed by atoms with van der Waals surface area (Å²) in [5, 5.41) is 10.8. The molecule has 2 aromatic rings. The van der Waals surface area contributed by atoms with Crippen LogP contribution in [-0.2, 0) is 12.0 Å². The molecule has 0 saturated heterocycles. The summed E-state index contributed by atoms with van der Waals surface area (Å²) in [6, 6.07) is 13.7. The largest absolute Gasteiger partial charge is 0.493 e. The zero-order valence-electron chi connectivity index (χ0n) is 10.7. The molecule has 3 rings (SSSR count). The molecule has 2 aromatic carbocycles. The number of benzene rings is 2. The Morgan fingerprint density at radius 1 is 1.11 bits per heavy atom. The quantitative estimate of drug-likeness (QED) is 0.916. The van der Waals surface area contributed by atoms with Crippen LogP contribution in [0.15, 0.2) is 46.9 Å². The van der Waals surface area contributed by atoms with Crippen LogP contribution in [0.25, 0.3) is 0 Å². The van der Waals surface area contributed by atoms with Crippen molar-refractivity contribution in [3.63, 3.8) is 0 Å². The van der Waals surface area contributed by atoms with Crippen molar-refractivity contribution >= 4 is 15.9 Å². The minimum absolute atomic E-state index is 0.735. The maximum Gasteiger partial charge on any atom is 0.122 e. The van der Waals surface area contributed by atoms with Crippen molar-refractivity contribution < 1.29 is 9.84 Å². The van der Waals surface area contributed by atoms with Gasteiger partial charge >= 0.3 is 0 Å². The van der Waals surface area contributed by atoms with Gasteiger partial charge in [-0.3, -0.25) is 0 Å². The fourth-order valence-electron chi connectivity index (χ4n) is 2.43. The summed E-state index contributed by atoms with van der Waals surface area (Å²) in [6.45, 7) is 2.56. The van der Waals surface area contributed by atoms with Gasteiger partial charge in [0.25, 0.3) is 0 Å². The molecule has 0 radical (unpaired) electrons. The SMILES string of the molecule is CC(O)(c1ccc(Br)cc1)c1ccc2c(c1)CCO2. The molecule has 1 unspecified atom stereocenters. The molecule has 0 spiro atoms. The Kier molecular flexibility index (Phi) is 3.11. The van der Waals surface area contributed by atoms with Crippen LogP contribution in [-0.4, -0.2) is 11.7 Å².